The van der Waals surface area contributed by atoms with Gasteiger partial charge in [0, 0.05) is 19.1 Å². The third-order valence-electron chi connectivity index (χ3n) is 4.99. The number of halogens is 1. The summed E-state index contributed by atoms with van der Waals surface area (Å²) in [5.74, 6) is 2.21. The van der Waals surface area contributed by atoms with Gasteiger partial charge in [-0.3, -0.25) is 4.79 Å². The van der Waals surface area contributed by atoms with Crippen LogP contribution in [-0.2, 0) is 11.2 Å². The van der Waals surface area contributed by atoms with E-state index < -0.39 is 0 Å². The van der Waals surface area contributed by atoms with Crippen LogP contribution in [0.5, 0.6) is 5.75 Å². The minimum atomic E-state index is 0. The van der Waals surface area contributed by atoms with Gasteiger partial charge in [0.1, 0.15) is 5.75 Å². The second kappa shape index (κ2) is 8.02. The van der Waals surface area contributed by atoms with Crippen LogP contribution in [0.1, 0.15) is 31.7 Å². The Balaban J connectivity index is 0.00000192. The van der Waals surface area contributed by atoms with Gasteiger partial charge in [0.05, 0.1) is 13.0 Å². The number of fused-ring (bicyclic) bond motifs is 1. The Bertz CT molecular complexity index is 538. The number of likely N-dealkylation sites (tertiary alicyclic amines) is 1. The Morgan fingerprint density at radius 3 is 2.91 bits per heavy atom. The molecule has 1 saturated carbocycles. The Kier molecular flexibility index (Phi) is 6.31. The molecule has 3 atom stereocenters. The first-order valence-corrected chi connectivity index (χ1v) is 8.42. The lowest BCUT2D eigenvalue weighted by Gasteiger charge is -2.19. The highest BCUT2D eigenvalue weighted by molar-refractivity contribution is 5.85. The molecule has 23 heavy (non-hydrogen) atoms. The fourth-order valence-corrected chi connectivity index (χ4v) is 3.76. The fraction of sp³-hybridized carbons (Fsp3) is 0.611. The predicted molar refractivity (Wildman–Crippen MR) is 93.9 cm³/mol. The Hall–Kier alpha value is -1.26. The number of nitrogens with two attached hydrogens (primary N) is 1. The van der Waals surface area contributed by atoms with Gasteiger partial charge in [0.2, 0.25) is 5.91 Å². The molecule has 5 heteroatoms. The van der Waals surface area contributed by atoms with Crippen LogP contribution >= 0.6 is 12.4 Å². The average molecular weight is 339 g/mol. The van der Waals surface area contributed by atoms with Crippen molar-refractivity contribution in [3.8, 4) is 5.75 Å². The van der Waals surface area contributed by atoms with E-state index >= 15 is 0 Å². The van der Waals surface area contributed by atoms with E-state index in [1.54, 1.807) is 0 Å². The largest absolute Gasteiger partial charge is 0.494 e. The van der Waals surface area contributed by atoms with Crippen LogP contribution in [0, 0.1) is 11.8 Å². The highest BCUT2D eigenvalue weighted by Crippen LogP contribution is 2.37. The highest BCUT2D eigenvalue weighted by atomic mass is 35.5. The summed E-state index contributed by atoms with van der Waals surface area (Å²) in [6.07, 6.45) is 3.74. The van der Waals surface area contributed by atoms with Crippen LogP contribution in [0.4, 0.5) is 0 Å². The molecule has 3 unspecified atom stereocenters. The maximum absolute atomic E-state index is 12.5. The van der Waals surface area contributed by atoms with Crippen molar-refractivity contribution in [2.24, 2.45) is 17.6 Å². The summed E-state index contributed by atoms with van der Waals surface area (Å²) in [6, 6.07) is 8.18. The molecule has 4 nitrogen and oxygen atoms in total. The number of nitrogens with zero attached hydrogens (tertiary/aromatic N) is 1. The van der Waals surface area contributed by atoms with Crippen molar-refractivity contribution >= 4 is 18.3 Å². The molecule has 1 aliphatic heterocycles. The van der Waals surface area contributed by atoms with E-state index in [-0.39, 0.29) is 24.4 Å². The minimum Gasteiger partial charge on any atom is -0.494 e. The summed E-state index contributed by atoms with van der Waals surface area (Å²) in [6.45, 7) is 4.53. The number of rotatable bonds is 5. The Morgan fingerprint density at radius 2 is 2.17 bits per heavy atom. The fourth-order valence-electron chi connectivity index (χ4n) is 3.76. The van der Waals surface area contributed by atoms with Crippen molar-refractivity contribution in [1.29, 1.82) is 0 Å². The molecule has 0 radical (unpaired) electrons. The van der Waals surface area contributed by atoms with Crippen LogP contribution in [0.15, 0.2) is 24.3 Å². The van der Waals surface area contributed by atoms with Gasteiger partial charge >= 0.3 is 0 Å². The molecule has 1 heterocycles. The van der Waals surface area contributed by atoms with E-state index in [9.17, 15) is 4.79 Å². The van der Waals surface area contributed by atoms with E-state index in [0.717, 1.165) is 37.2 Å². The zero-order chi connectivity index (χ0) is 15.5. The van der Waals surface area contributed by atoms with Crippen LogP contribution in [-0.4, -0.2) is 36.5 Å². The molecule has 1 aromatic rings. The summed E-state index contributed by atoms with van der Waals surface area (Å²) in [7, 11) is 0. The molecule has 2 fully saturated rings. The first kappa shape index (κ1) is 18.1. The summed E-state index contributed by atoms with van der Waals surface area (Å²) >= 11 is 0. The van der Waals surface area contributed by atoms with Gasteiger partial charge < -0.3 is 15.4 Å². The van der Waals surface area contributed by atoms with Gasteiger partial charge in [-0.1, -0.05) is 19.1 Å². The Morgan fingerprint density at radius 1 is 1.35 bits per heavy atom. The monoisotopic (exact) mass is 338 g/mol. The van der Waals surface area contributed by atoms with Crippen molar-refractivity contribution < 1.29 is 9.53 Å². The third-order valence-corrected chi connectivity index (χ3v) is 4.99. The van der Waals surface area contributed by atoms with Crippen LogP contribution in [0.25, 0.3) is 0 Å². The highest BCUT2D eigenvalue weighted by Gasteiger charge is 2.42. The van der Waals surface area contributed by atoms with E-state index in [1.807, 2.05) is 29.2 Å². The molecule has 1 aliphatic carbocycles. The SMILES string of the molecule is CCCOc1cccc(CC(=O)N2CC3CCC(N)C3C2)c1.Cl. The van der Waals surface area contributed by atoms with Crippen molar-refractivity contribution in [1.82, 2.24) is 4.90 Å². The van der Waals surface area contributed by atoms with Gasteiger partial charge in [-0.15, -0.1) is 12.4 Å². The topological polar surface area (TPSA) is 55.6 Å². The standard InChI is InChI=1S/C18H26N2O2.ClH/c1-2-8-22-15-5-3-4-13(9-15)10-18(21)20-11-14-6-7-17(19)16(14)12-20;/h3-5,9,14,16-17H,2,6-8,10-12,19H2,1H3;1H. The third kappa shape index (κ3) is 4.18. The molecule has 2 aliphatic rings. The first-order chi connectivity index (χ1) is 10.7. The number of ether oxygens (including phenoxy) is 1. The quantitative estimate of drug-likeness (QED) is 0.898. The molecule has 0 aromatic heterocycles. The summed E-state index contributed by atoms with van der Waals surface area (Å²) in [4.78, 5) is 14.5. The number of carbonyl (C=O) groups is 1. The minimum absolute atomic E-state index is 0. The zero-order valence-corrected chi connectivity index (χ0v) is 14.6. The molecule has 128 valence electrons. The molecule has 1 aromatic carbocycles. The van der Waals surface area contributed by atoms with Gasteiger partial charge in [-0.05, 0) is 48.8 Å². The van der Waals surface area contributed by atoms with E-state index in [1.165, 1.54) is 6.42 Å². The van der Waals surface area contributed by atoms with Crippen LogP contribution in [0.3, 0.4) is 0 Å². The normalized spacial score (nSPS) is 25.8. The van der Waals surface area contributed by atoms with Crippen LogP contribution in [0.2, 0.25) is 0 Å². The predicted octanol–water partition coefficient (Wildman–Crippen LogP) is 2.64. The number of hydrogen-bond acceptors (Lipinski definition) is 3. The zero-order valence-electron chi connectivity index (χ0n) is 13.7. The summed E-state index contributed by atoms with van der Waals surface area (Å²) in [5, 5.41) is 0. The molecular formula is C18H27ClN2O2. The van der Waals surface area contributed by atoms with Crippen molar-refractivity contribution in [2.75, 3.05) is 19.7 Å². The second-order valence-electron chi connectivity index (χ2n) is 6.64. The lowest BCUT2D eigenvalue weighted by molar-refractivity contribution is -0.129. The molecule has 3 rings (SSSR count). The van der Waals surface area contributed by atoms with Crippen LogP contribution < -0.4 is 10.5 Å². The number of amides is 1. The van der Waals surface area contributed by atoms with E-state index in [4.69, 9.17) is 10.5 Å². The molecule has 0 bridgehead atoms. The first-order valence-electron chi connectivity index (χ1n) is 8.42. The van der Waals surface area contributed by atoms with Crippen molar-refractivity contribution in [3.63, 3.8) is 0 Å². The van der Waals surface area contributed by atoms with Gasteiger partial charge in [0.25, 0.3) is 0 Å². The molecule has 0 spiro atoms. The second-order valence-corrected chi connectivity index (χ2v) is 6.64. The summed E-state index contributed by atoms with van der Waals surface area (Å²) < 4.78 is 5.64. The van der Waals surface area contributed by atoms with Gasteiger partial charge in [0.15, 0.2) is 0 Å². The number of hydrogen-bond donors (Lipinski definition) is 1. The number of benzene rings is 1. The maximum atomic E-state index is 12.5. The molecule has 1 amide bonds. The van der Waals surface area contributed by atoms with E-state index in [0.29, 0.717) is 24.9 Å². The summed E-state index contributed by atoms with van der Waals surface area (Å²) in [5.41, 5.74) is 7.17. The lowest BCUT2D eigenvalue weighted by atomic mass is 9.98. The average Bonchev–Trinajstić information content (AvgIpc) is 3.08. The van der Waals surface area contributed by atoms with Gasteiger partial charge in [-0.2, -0.15) is 0 Å². The van der Waals surface area contributed by atoms with Crippen molar-refractivity contribution in [2.45, 2.75) is 38.6 Å². The molecule has 1 saturated heterocycles. The lowest BCUT2D eigenvalue weighted by Crippen LogP contribution is -2.34. The van der Waals surface area contributed by atoms with Crippen molar-refractivity contribution in [3.05, 3.63) is 29.8 Å². The van der Waals surface area contributed by atoms with Gasteiger partial charge in [-0.25, -0.2) is 0 Å². The number of carbonyl (C=O) groups excluding carboxylic acids is 1. The maximum Gasteiger partial charge on any atom is 0.227 e. The Labute approximate surface area is 144 Å². The van der Waals surface area contributed by atoms with E-state index in [2.05, 4.69) is 6.92 Å². The molecule has 2 N–H and O–H groups in total. The molecular weight excluding hydrogens is 312 g/mol. The smallest absolute Gasteiger partial charge is 0.227 e.